The number of hydrogen-bond acceptors (Lipinski definition) is 3. The predicted octanol–water partition coefficient (Wildman–Crippen LogP) is 1.86. The topological polar surface area (TPSA) is 64.1 Å². The number of aromatic nitrogens is 2. The fourth-order valence-corrected chi connectivity index (χ4v) is 1.60. The van der Waals surface area contributed by atoms with Gasteiger partial charge in [-0.3, -0.25) is 4.68 Å². The number of nitrogens with two attached hydrogens (primary N) is 1. The maximum Gasteiger partial charge on any atom is 0.127 e. The van der Waals surface area contributed by atoms with E-state index in [0.29, 0.717) is 11.7 Å². The number of rotatable bonds is 5. The van der Waals surface area contributed by atoms with Crippen molar-refractivity contribution in [2.45, 2.75) is 39.2 Å². The van der Waals surface area contributed by atoms with E-state index in [4.69, 9.17) is 5.73 Å². The highest BCUT2D eigenvalue weighted by atomic mass is 16.3. The molecule has 86 valence electrons. The molecule has 1 aromatic rings. The van der Waals surface area contributed by atoms with Crippen molar-refractivity contribution in [2.75, 3.05) is 5.73 Å². The van der Waals surface area contributed by atoms with Gasteiger partial charge in [0, 0.05) is 12.6 Å². The van der Waals surface area contributed by atoms with Gasteiger partial charge in [-0.15, -0.1) is 0 Å². The van der Waals surface area contributed by atoms with E-state index in [1.54, 1.807) is 17.9 Å². The molecule has 0 aromatic carbocycles. The standard InChI is InChI=1S/C11H21N3O/c1-8(2)5-4-6-10(15)9-7-13-14(3)11(9)12/h7-8,10,15H,4-6,12H2,1-3H3. The molecule has 1 unspecified atom stereocenters. The Bertz CT molecular complexity index is 307. The van der Waals surface area contributed by atoms with Gasteiger partial charge in [0.1, 0.15) is 5.82 Å². The monoisotopic (exact) mass is 211 g/mol. The van der Waals surface area contributed by atoms with Crippen LogP contribution >= 0.6 is 0 Å². The third-order valence-corrected chi connectivity index (χ3v) is 2.63. The summed E-state index contributed by atoms with van der Waals surface area (Å²) in [5.41, 5.74) is 6.53. The summed E-state index contributed by atoms with van der Waals surface area (Å²) in [7, 11) is 1.78. The lowest BCUT2D eigenvalue weighted by Gasteiger charge is -2.10. The lowest BCUT2D eigenvalue weighted by atomic mass is 10.0. The maximum absolute atomic E-state index is 9.89. The van der Waals surface area contributed by atoms with Crippen LogP contribution < -0.4 is 5.73 Å². The summed E-state index contributed by atoms with van der Waals surface area (Å²) in [5.74, 6) is 1.25. The minimum absolute atomic E-state index is 0.475. The van der Waals surface area contributed by atoms with Gasteiger partial charge < -0.3 is 10.8 Å². The van der Waals surface area contributed by atoms with Crippen LogP contribution in [0.3, 0.4) is 0 Å². The van der Waals surface area contributed by atoms with Crippen molar-refractivity contribution >= 4 is 5.82 Å². The Morgan fingerprint density at radius 2 is 2.13 bits per heavy atom. The molecule has 1 atom stereocenters. The first-order valence-corrected chi connectivity index (χ1v) is 5.47. The van der Waals surface area contributed by atoms with Crippen molar-refractivity contribution in [3.8, 4) is 0 Å². The van der Waals surface area contributed by atoms with Crippen LogP contribution in [0.1, 0.15) is 44.8 Å². The number of nitrogens with zero attached hydrogens (tertiary/aromatic N) is 2. The Kier molecular flexibility index (Phi) is 4.15. The fraction of sp³-hybridized carbons (Fsp3) is 0.727. The lowest BCUT2D eigenvalue weighted by molar-refractivity contribution is 0.162. The highest BCUT2D eigenvalue weighted by molar-refractivity contribution is 5.39. The van der Waals surface area contributed by atoms with Crippen molar-refractivity contribution in [3.63, 3.8) is 0 Å². The molecule has 1 heterocycles. The zero-order chi connectivity index (χ0) is 11.4. The maximum atomic E-state index is 9.89. The van der Waals surface area contributed by atoms with Gasteiger partial charge >= 0.3 is 0 Å². The van der Waals surface area contributed by atoms with Gasteiger partial charge in [-0.1, -0.05) is 26.7 Å². The lowest BCUT2D eigenvalue weighted by Crippen LogP contribution is -2.04. The largest absolute Gasteiger partial charge is 0.388 e. The Balaban J connectivity index is 2.47. The van der Waals surface area contributed by atoms with Crippen LogP contribution in [0.4, 0.5) is 5.82 Å². The first-order chi connectivity index (χ1) is 7.02. The minimum atomic E-state index is -0.475. The van der Waals surface area contributed by atoms with Crippen LogP contribution in [-0.2, 0) is 7.05 Å². The van der Waals surface area contributed by atoms with Gasteiger partial charge in [-0.25, -0.2) is 0 Å². The summed E-state index contributed by atoms with van der Waals surface area (Å²) in [6.45, 7) is 4.37. The summed E-state index contributed by atoms with van der Waals surface area (Å²) in [5, 5.41) is 13.9. The molecule has 0 amide bonds. The summed E-state index contributed by atoms with van der Waals surface area (Å²) in [6, 6.07) is 0. The van der Waals surface area contributed by atoms with Gasteiger partial charge in [-0.05, 0) is 12.3 Å². The first kappa shape index (κ1) is 12.0. The highest BCUT2D eigenvalue weighted by Gasteiger charge is 2.14. The predicted molar refractivity (Wildman–Crippen MR) is 61.3 cm³/mol. The van der Waals surface area contributed by atoms with E-state index < -0.39 is 6.10 Å². The van der Waals surface area contributed by atoms with Crippen molar-refractivity contribution in [1.82, 2.24) is 9.78 Å². The number of nitrogen functional groups attached to an aromatic ring is 1. The molecule has 0 aliphatic rings. The van der Waals surface area contributed by atoms with E-state index in [1.165, 1.54) is 0 Å². The van der Waals surface area contributed by atoms with Crippen molar-refractivity contribution in [3.05, 3.63) is 11.8 Å². The van der Waals surface area contributed by atoms with Gasteiger partial charge in [0.15, 0.2) is 0 Å². The fourth-order valence-electron chi connectivity index (χ4n) is 1.60. The summed E-state index contributed by atoms with van der Waals surface area (Å²) in [6.07, 6.45) is 4.09. The third-order valence-electron chi connectivity index (χ3n) is 2.63. The number of hydrogen-bond donors (Lipinski definition) is 2. The Labute approximate surface area is 91.1 Å². The summed E-state index contributed by atoms with van der Waals surface area (Å²) < 4.78 is 1.58. The number of aliphatic hydroxyl groups is 1. The van der Waals surface area contributed by atoms with Crippen molar-refractivity contribution < 1.29 is 5.11 Å². The molecule has 15 heavy (non-hydrogen) atoms. The second-order valence-corrected chi connectivity index (χ2v) is 4.45. The minimum Gasteiger partial charge on any atom is -0.388 e. The normalized spacial score (nSPS) is 13.4. The van der Waals surface area contributed by atoms with Crippen LogP contribution in [0.25, 0.3) is 0 Å². The molecule has 1 aromatic heterocycles. The van der Waals surface area contributed by atoms with Crippen LogP contribution in [0.2, 0.25) is 0 Å². The van der Waals surface area contributed by atoms with Crippen molar-refractivity contribution in [1.29, 1.82) is 0 Å². The second kappa shape index (κ2) is 5.16. The van der Waals surface area contributed by atoms with E-state index >= 15 is 0 Å². The smallest absolute Gasteiger partial charge is 0.127 e. The highest BCUT2D eigenvalue weighted by Crippen LogP contribution is 2.24. The first-order valence-electron chi connectivity index (χ1n) is 5.47. The van der Waals surface area contributed by atoms with Crippen LogP contribution in [0.15, 0.2) is 6.20 Å². The molecule has 0 radical (unpaired) electrons. The molecular weight excluding hydrogens is 190 g/mol. The molecular formula is C11H21N3O. The SMILES string of the molecule is CC(C)CCCC(O)c1cnn(C)c1N. The molecule has 0 saturated carbocycles. The van der Waals surface area contributed by atoms with E-state index in [2.05, 4.69) is 18.9 Å². The van der Waals surface area contributed by atoms with Gasteiger partial charge in [-0.2, -0.15) is 5.10 Å². The summed E-state index contributed by atoms with van der Waals surface area (Å²) in [4.78, 5) is 0. The molecule has 0 aliphatic carbocycles. The van der Waals surface area contributed by atoms with Gasteiger partial charge in [0.25, 0.3) is 0 Å². The Morgan fingerprint density at radius 3 is 2.60 bits per heavy atom. The van der Waals surface area contributed by atoms with E-state index in [1.807, 2.05) is 0 Å². The van der Waals surface area contributed by atoms with E-state index in [9.17, 15) is 5.11 Å². The molecule has 0 saturated heterocycles. The Morgan fingerprint density at radius 1 is 1.47 bits per heavy atom. The van der Waals surface area contributed by atoms with Crippen molar-refractivity contribution in [2.24, 2.45) is 13.0 Å². The third kappa shape index (κ3) is 3.23. The number of aliphatic hydroxyl groups excluding tert-OH is 1. The average Bonchev–Trinajstić information content (AvgIpc) is 2.47. The van der Waals surface area contributed by atoms with Gasteiger partial charge in [0.2, 0.25) is 0 Å². The zero-order valence-corrected chi connectivity index (χ0v) is 9.77. The van der Waals surface area contributed by atoms with Crippen LogP contribution in [0, 0.1) is 5.92 Å². The van der Waals surface area contributed by atoms with Gasteiger partial charge in [0.05, 0.1) is 12.3 Å². The molecule has 0 spiro atoms. The second-order valence-electron chi connectivity index (χ2n) is 4.45. The Hall–Kier alpha value is -1.03. The molecule has 4 nitrogen and oxygen atoms in total. The number of aryl methyl sites for hydroxylation is 1. The van der Waals surface area contributed by atoms with E-state index in [0.717, 1.165) is 24.8 Å². The molecule has 4 heteroatoms. The molecule has 1 rings (SSSR count). The zero-order valence-electron chi connectivity index (χ0n) is 9.77. The van der Waals surface area contributed by atoms with Crippen LogP contribution in [0.5, 0.6) is 0 Å². The molecule has 3 N–H and O–H groups in total. The summed E-state index contributed by atoms with van der Waals surface area (Å²) >= 11 is 0. The average molecular weight is 211 g/mol. The number of anilines is 1. The molecule has 0 bridgehead atoms. The quantitative estimate of drug-likeness (QED) is 0.781. The molecule has 0 aliphatic heterocycles. The molecule has 0 fully saturated rings. The van der Waals surface area contributed by atoms with E-state index in [-0.39, 0.29) is 0 Å². The van der Waals surface area contributed by atoms with Crippen LogP contribution in [-0.4, -0.2) is 14.9 Å².